The Bertz CT molecular complexity index is 409. The van der Waals surface area contributed by atoms with Crippen molar-refractivity contribution in [1.29, 1.82) is 0 Å². The van der Waals surface area contributed by atoms with Crippen molar-refractivity contribution in [1.82, 2.24) is 14.9 Å². The van der Waals surface area contributed by atoms with E-state index in [0.717, 1.165) is 6.54 Å². The van der Waals surface area contributed by atoms with E-state index in [0.29, 0.717) is 23.6 Å². The molecule has 0 fully saturated rings. The normalized spacial score (nSPS) is 11.4. The van der Waals surface area contributed by atoms with E-state index in [9.17, 15) is 4.79 Å². The first-order valence-corrected chi connectivity index (χ1v) is 5.45. The molecule has 0 aromatic carbocycles. The van der Waals surface area contributed by atoms with Gasteiger partial charge >= 0.3 is 0 Å². The smallest absolute Gasteiger partial charge is 0.256 e. The molecule has 3 N–H and O–H groups in total. The van der Waals surface area contributed by atoms with Crippen LogP contribution in [0.1, 0.15) is 31.2 Å². The highest BCUT2D eigenvalue weighted by molar-refractivity contribution is 5.39. The maximum atomic E-state index is 11.8. The van der Waals surface area contributed by atoms with Gasteiger partial charge in [-0.3, -0.25) is 4.79 Å². The van der Waals surface area contributed by atoms with Crippen LogP contribution >= 0.6 is 0 Å². The van der Waals surface area contributed by atoms with Crippen LogP contribution in [0.5, 0.6) is 0 Å². The molecule has 1 aromatic heterocycles. The van der Waals surface area contributed by atoms with Gasteiger partial charge in [0.15, 0.2) is 0 Å². The summed E-state index contributed by atoms with van der Waals surface area (Å²) in [5.41, 5.74) is 6.25. The first-order valence-electron chi connectivity index (χ1n) is 5.45. The van der Waals surface area contributed by atoms with Crippen LogP contribution in [0.25, 0.3) is 0 Å². The average Bonchev–Trinajstić information content (AvgIpc) is 2.12. The number of anilines is 1. The van der Waals surface area contributed by atoms with Crippen molar-refractivity contribution in [3.05, 3.63) is 21.7 Å². The molecule has 0 saturated heterocycles. The van der Waals surface area contributed by atoms with E-state index in [1.54, 1.807) is 0 Å². The Morgan fingerprint density at radius 2 is 2.06 bits per heavy atom. The van der Waals surface area contributed by atoms with Gasteiger partial charge in [0.05, 0.1) is 5.56 Å². The Labute approximate surface area is 95.7 Å². The molecular formula is C11H20N4O. The zero-order valence-corrected chi connectivity index (χ0v) is 10.4. The van der Waals surface area contributed by atoms with Gasteiger partial charge in [-0.2, -0.15) is 0 Å². The third-order valence-electron chi connectivity index (χ3n) is 2.41. The third-order valence-corrected chi connectivity index (χ3v) is 2.41. The quantitative estimate of drug-likeness (QED) is 0.784. The molecule has 0 aliphatic rings. The SMILES string of the molecule is CC(C)c1c(N)nc(CCN(C)C)[nH]c1=O. The number of nitrogen functional groups attached to an aromatic ring is 1. The second kappa shape index (κ2) is 5.12. The monoisotopic (exact) mass is 224 g/mol. The molecule has 0 amide bonds. The molecule has 5 heteroatoms. The lowest BCUT2D eigenvalue weighted by atomic mass is 10.1. The first-order chi connectivity index (χ1) is 7.41. The lowest BCUT2D eigenvalue weighted by molar-refractivity contribution is 0.409. The van der Waals surface area contributed by atoms with E-state index in [1.165, 1.54) is 0 Å². The second-order valence-electron chi connectivity index (χ2n) is 4.52. The number of nitrogens with one attached hydrogen (secondary N) is 1. The lowest BCUT2D eigenvalue weighted by Crippen LogP contribution is -2.23. The number of aromatic nitrogens is 2. The Morgan fingerprint density at radius 3 is 2.50 bits per heavy atom. The van der Waals surface area contributed by atoms with E-state index < -0.39 is 0 Å². The van der Waals surface area contributed by atoms with E-state index >= 15 is 0 Å². The minimum absolute atomic E-state index is 0.0964. The summed E-state index contributed by atoms with van der Waals surface area (Å²) in [6, 6.07) is 0. The standard InChI is InChI=1S/C11H20N4O/c1-7(2)9-10(12)13-8(14-11(9)16)5-6-15(3)4/h7H,5-6H2,1-4H3,(H3,12,13,14,16). The number of aromatic amines is 1. The highest BCUT2D eigenvalue weighted by atomic mass is 16.1. The van der Waals surface area contributed by atoms with E-state index in [1.807, 2.05) is 32.8 Å². The van der Waals surface area contributed by atoms with Gasteiger partial charge in [-0.05, 0) is 20.0 Å². The molecule has 1 rings (SSSR count). The number of hydrogen-bond acceptors (Lipinski definition) is 4. The molecule has 16 heavy (non-hydrogen) atoms. The third kappa shape index (κ3) is 3.06. The summed E-state index contributed by atoms with van der Waals surface area (Å²) in [5.74, 6) is 1.10. The van der Waals surface area contributed by atoms with Gasteiger partial charge in [-0.1, -0.05) is 13.8 Å². The van der Waals surface area contributed by atoms with Crippen molar-refractivity contribution in [3.8, 4) is 0 Å². The molecule has 90 valence electrons. The predicted molar refractivity (Wildman–Crippen MR) is 65.6 cm³/mol. The molecular weight excluding hydrogens is 204 g/mol. The second-order valence-corrected chi connectivity index (χ2v) is 4.52. The van der Waals surface area contributed by atoms with Crippen molar-refractivity contribution < 1.29 is 0 Å². The number of nitrogens with two attached hydrogens (primary N) is 1. The molecule has 0 aliphatic heterocycles. The highest BCUT2D eigenvalue weighted by Crippen LogP contribution is 2.14. The van der Waals surface area contributed by atoms with E-state index in [4.69, 9.17) is 5.73 Å². The zero-order chi connectivity index (χ0) is 12.3. The Morgan fingerprint density at radius 1 is 1.44 bits per heavy atom. The Hall–Kier alpha value is -1.36. The van der Waals surface area contributed by atoms with Crippen LogP contribution in [-0.4, -0.2) is 35.5 Å². The van der Waals surface area contributed by atoms with Crippen molar-refractivity contribution >= 4 is 5.82 Å². The van der Waals surface area contributed by atoms with Crippen LogP contribution in [0.15, 0.2) is 4.79 Å². The number of hydrogen-bond donors (Lipinski definition) is 2. The number of H-pyrrole nitrogens is 1. The summed E-state index contributed by atoms with van der Waals surface area (Å²) in [6.45, 7) is 4.70. The Balaban J connectivity index is 2.96. The molecule has 5 nitrogen and oxygen atoms in total. The summed E-state index contributed by atoms with van der Waals surface area (Å²) in [6.07, 6.45) is 0.699. The minimum atomic E-state index is -0.115. The summed E-state index contributed by atoms with van der Waals surface area (Å²) in [5, 5.41) is 0. The van der Waals surface area contributed by atoms with E-state index in [2.05, 4.69) is 9.97 Å². The molecule has 0 unspecified atom stereocenters. The first kappa shape index (κ1) is 12.7. The predicted octanol–water partition coefficient (Wildman–Crippen LogP) is 0.580. The fraction of sp³-hybridized carbons (Fsp3) is 0.636. The van der Waals surface area contributed by atoms with Gasteiger partial charge in [0.1, 0.15) is 11.6 Å². The van der Waals surface area contributed by atoms with Crippen molar-refractivity contribution in [2.24, 2.45) is 0 Å². The van der Waals surface area contributed by atoms with Crippen LogP contribution in [0, 0.1) is 0 Å². The van der Waals surface area contributed by atoms with Crippen LogP contribution in [-0.2, 0) is 6.42 Å². The van der Waals surface area contributed by atoms with Gasteiger partial charge in [-0.15, -0.1) is 0 Å². The van der Waals surface area contributed by atoms with Crippen LogP contribution in [0.3, 0.4) is 0 Å². The molecule has 0 aliphatic carbocycles. The molecule has 1 heterocycles. The summed E-state index contributed by atoms with van der Waals surface area (Å²) >= 11 is 0. The minimum Gasteiger partial charge on any atom is -0.383 e. The Kier molecular flexibility index (Phi) is 4.06. The fourth-order valence-corrected chi connectivity index (χ4v) is 1.55. The maximum Gasteiger partial charge on any atom is 0.256 e. The number of nitrogens with zero attached hydrogens (tertiary/aromatic N) is 2. The van der Waals surface area contributed by atoms with Gasteiger partial charge < -0.3 is 15.6 Å². The van der Waals surface area contributed by atoms with Crippen LogP contribution < -0.4 is 11.3 Å². The molecule has 0 spiro atoms. The molecule has 0 saturated carbocycles. The topological polar surface area (TPSA) is 75.0 Å². The van der Waals surface area contributed by atoms with Gasteiger partial charge in [-0.25, -0.2) is 4.98 Å². The summed E-state index contributed by atoms with van der Waals surface area (Å²) in [4.78, 5) is 20.8. The van der Waals surface area contributed by atoms with Crippen molar-refractivity contribution in [3.63, 3.8) is 0 Å². The van der Waals surface area contributed by atoms with Crippen molar-refractivity contribution in [2.75, 3.05) is 26.4 Å². The van der Waals surface area contributed by atoms with Crippen molar-refractivity contribution in [2.45, 2.75) is 26.2 Å². The zero-order valence-electron chi connectivity index (χ0n) is 10.4. The lowest BCUT2D eigenvalue weighted by Gasteiger charge is -2.11. The van der Waals surface area contributed by atoms with Crippen LogP contribution in [0.2, 0.25) is 0 Å². The van der Waals surface area contributed by atoms with Gasteiger partial charge in [0, 0.05) is 13.0 Å². The average molecular weight is 224 g/mol. The number of likely N-dealkylation sites (N-methyl/N-ethyl adjacent to an activating group) is 1. The van der Waals surface area contributed by atoms with E-state index in [-0.39, 0.29) is 11.5 Å². The fourth-order valence-electron chi connectivity index (χ4n) is 1.55. The molecule has 1 aromatic rings. The largest absolute Gasteiger partial charge is 0.383 e. The molecule has 0 bridgehead atoms. The van der Waals surface area contributed by atoms with Gasteiger partial charge in [0.25, 0.3) is 5.56 Å². The highest BCUT2D eigenvalue weighted by Gasteiger charge is 2.12. The van der Waals surface area contributed by atoms with Gasteiger partial charge in [0.2, 0.25) is 0 Å². The number of rotatable bonds is 4. The maximum absolute atomic E-state index is 11.8. The van der Waals surface area contributed by atoms with Crippen LogP contribution in [0.4, 0.5) is 5.82 Å². The summed E-state index contributed by atoms with van der Waals surface area (Å²) < 4.78 is 0. The molecule has 0 radical (unpaired) electrons. The summed E-state index contributed by atoms with van der Waals surface area (Å²) in [7, 11) is 3.95. The molecule has 0 atom stereocenters.